The Morgan fingerprint density at radius 3 is 2.67 bits per heavy atom. The van der Waals surface area contributed by atoms with E-state index >= 15 is 0 Å². The van der Waals surface area contributed by atoms with Gasteiger partial charge in [-0.05, 0) is 6.42 Å². The molecule has 0 amide bonds. The van der Waals surface area contributed by atoms with Gasteiger partial charge in [-0.25, -0.2) is 4.98 Å². The van der Waals surface area contributed by atoms with Crippen LogP contribution < -0.4 is 10.6 Å². The highest BCUT2D eigenvalue weighted by Gasteiger charge is 2.16. The molecule has 2 N–H and O–H groups in total. The number of rotatable bonds is 1. The van der Waals surface area contributed by atoms with Crippen molar-refractivity contribution in [3.8, 4) is 0 Å². The molecule has 0 aromatic carbocycles. The van der Waals surface area contributed by atoms with Crippen molar-refractivity contribution >= 4 is 23.4 Å². The molecule has 1 aliphatic rings. The molecule has 1 aromatic heterocycles. The van der Waals surface area contributed by atoms with Crippen LogP contribution in [0.5, 0.6) is 0 Å². The van der Waals surface area contributed by atoms with Crippen molar-refractivity contribution in [2.24, 2.45) is 0 Å². The minimum absolute atomic E-state index is 0.240. The van der Waals surface area contributed by atoms with Crippen LogP contribution in [0.2, 0.25) is 5.15 Å². The maximum atomic E-state index is 5.72. The van der Waals surface area contributed by atoms with E-state index in [1.165, 1.54) is 6.42 Å². The lowest BCUT2D eigenvalue weighted by Crippen LogP contribution is -2.37. The van der Waals surface area contributed by atoms with Gasteiger partial charge in [0.25, 0.3) is 0 Å². The Kier molecular flexibility index (Phi) is 1.77. The summed E-state index contributed by atoms with van der Waals surface area (Å²) in [5.74, 6) is 1.07. The second kappa shape index (κ2) is 2.79. The van der Waals surface area contributed by atoms with E-state index in [1.807, 2.05) is 0 Å². The van der Waals surface area contributed by atoms with Gasteiger partial charge in [-0.15, -0.1) is 0 Å². The molecule has 0 atom stereocenters. The topological polar surface area (TPSA) is 55.0 Å². The molecule has 1 fully saturated rings. The first-order valence-electron chi connectivity index (χ1n) is 3.81. The second-order valence-corrected chi connectivity index (χ2v) is 3.13. The van der Waals surface area contributed by atoms with E-state index in [-0.39, 0.29) is 5.95 Å². The summed E-state index contributed by atoms with van der Waals surface area (Å²) in [5, 5.41) is 0.407. The number of halogens is 1. The summed E-state index contributed by atoms with van der Waals surface area (Å²) in [5.41, 5.74) is 5.44. The van der Waals surface area contributed by atoms with Crippen LogP contribution in [0.25, 0.3) is 0 Å². The Bertz CT molecular complexity index is 277. The van der Waals surface area contributed by atoms with Crippen molar-refractivity contribution in [1.82, 2.24) is 9.97 Å². The van der Waals surface area contributed by atoms with Crippen LogP contribution in [0.3, 0.4) is 0 Å². The second-order valence-electron chi connectivity index (χ2n) is 2.75. The summed E-state index contributed by atoms with van der Waals surface area (Å²) in [6, 6.07) is 1.73. The molecule has 2 rings (SSSR count). The fraction of sp³-hybridized carbons (Fsp3) is 0.429. The van der Waals surface area contributed by atoms with Gasteiger partial charge in [0, 0.05) is 19.2 Å². The van der Waals surface area contributed by atoms with E-state index in [2.05, 4.69) is 14.9 Å². The number of anilines is 2. The summed E-state index contributed by atoms with van der Waals surface area (Å²) >= 11 is 5.72. The third-order valence-electron chi connectivity index (χ3n) is 1.88. The zero-order valence-corrected chi connectivity index (χ0v) is 7.25. The Hall–Kier alpha value is -1.03. The quantitative estimate of drug-likeness (QED) is 0.660. The highest BCUT2D eigenvalue weighted by Crippen LogP contribution is 2.21. The lowest BCUT2D eigenvalue weighted by atomic mass is 10.2. The number of nitrogens with two attached hydrogens (primary N) is 1. The van der Waals surface area contributed by atoms with Crippen LogP contribution in [0.4, 0.5) is 11.8 Å². The smallest absolute Gasteiger partial charge is 0.223 e. The number of aromatic nitrogens is 2. The van der Waals surface area contributed by atoms with E-state index in [0.29, 0.717) is 5.15 Å². The van der Waals surface area contributed by atoms with Gasteiger partial charge in [0.05, 0.1) is 0 Å². The zero-order chi connectivity index (χ0) is 8.55. The van der Waals surface area contributed by atoms with Gasteiger partial charge in [-0.2, -0.15) is 4.98 Å². The molecule has 1 saturated heterocycles. The molecule has 12 heavy (non-hydrogen) atoms. The highest BCUT2D eigenvalue weighted by atomic mass is 35.5. The predicted octanol–water partition coefficient (Wildman–Crippen LogP) is 0.922. The lowest BCUT2D eigenvalue weighted by molar-refractivity contribution is 0.609. The van der Waals surface area contributed by atoms with Crippen molar-refractivity contribution in [3.05, 3.63) is 11.2 Å². The van der Waals surface area contributed by atoms with Gasteiger partial charge in [-0.3, -0.25) is 0 Å². The van der Waals surface area contributed by atoms with Crippen LogP contribution in [0.15, 0.2) is 6.07 Å². The number of nitrogen functional groups attached to an aromatic ring is 1. The first-order valence-corrected chi connectivity index (χ1v) is 4.18. The Morgan fingerprint density at radius 2 is 2.17 bits per heavy atom. The Labute approximate surface area is 75.4 Å². The first-order chi connectivity index (χ1) is 5.75. The van der Waals surface area contributed by atoms with Crippen molar-refractivity contribution < 1.29 is 0 Å². The van der Waals surface area contributed by atoms with Gasteiger partial charge in [0.1, 0.15) is 11.0 Å². The normalized spacial score (nSPS) is 15.9. The van der Waals surface area contributed by atoms with Crippen molar-refractivity contribution in [3.63, 3.8) is 0 Å². The maximum Gasteiger partial charge on any atom is 0.223 e. The summed E-state index contributed by atoms with van der Waals surface area (Å²) in [4.78, 5) is 9.96. The fourth-order valence-electron chi connectivity index (χ4n) is 1.13. The molecule has 0 unspecified atom stereocenters. The van der Waals surface area contributed by atoms with Gasteiger partial charge >= 0.3 is 0 Å². The maximum absolute atomic E-state index is 5.72. The van der Waals surface area contributed by atoms with E-state index in [1.54, 1.807) is 6.07 Å². The van der Waals surface area contributed by atoms with Crippen molar-refractivity contribution in [2.75, 3.05) is 23.7 Å². The molecular weight excluding hydrogens is 176 g/mol. The van der Waals surface area contributed by atoms with Gasteiger partial charge in [0.2, 0.25) is 5.95 Å². The highest BCUT2D eigenvalue weighted by molar-refractivity contribution is 6.29. The Morgan fingerprint density at radius 1 is 1.42 bits per heavy atom. The third-order valence-corrected chi connectivity index (χ3v) is 2.07. The van der Waals surface area contributed by atoms with Crippen LogP contribution in [-0.4, -0.2) is 23.1 Å². The predicted molar refractivity (Wildman–Crippen MR) is 48.3 cm³/mol. The molecule has 0 radical (unpaired) electrons. The molecule has 5 heteroatoms. The van der Waals surface area contributed by atoms with E-state index < -0.39 is 0 Å². The first kappa shape index (κ1) is 7.61. The summed E-state index contributed by atoms with van der Waals surface area (Å²) < 4.78 is 0. The summed E-state index contributed by atoms with van der Waals surface area (Å²) in [7, 11) is 0. The average molecular weight is 185 g/mol. The van der Waals surface area contributed by atoms with Crippen LogP contribution >= 0.6 is 11.6 Å². The van der Waals surface area contributed by atoms with Crippen molar-refractivity contribution in [2.45, 2.75) is 6.42 Å². The third kappa shape index (κ3) is 1.30. The van der Waals surface area contributed by atoms with Crippen LogP contribution in [-0.2, 0) is 0 Å². The molecule has 2 heterocycles. The molecular formula is C7H9ClN4. The minimum atomic E-state index is 0.240. The van der Waals surface area contributed by atoms with Crippen LogP contribution in [0, 0.1) is 0 Å². The molecule has 4 nitrogen and oxygen atoms in total. The van der Waals surface area contributed by atoms with E-state index in [4.69, 9.17) is 17.3 Å². The van der Waals surface area contributed by atoms with Gasteiger partial charge in [0.15, 0.2) is 0 Å². The number of hydrogen-bond donors (Lipinski definition) is 1. The SMILES string of the molecule is Nc1nc(Cl)cc(N2CCC2)n1. The lowest BCUT2D eigenvalue weighted by Gasteiger charge is -2.31. The van der Waals surface area contributed by atoms with E-state index in [0.717, 1.165) is 18.9 Å². The minimum Gasteiger partial charge on any atom is -0.368 e. The largest absolute Gasteiger partial charge is 0.368 e. The molecule has 0 bridgehead atoms. The molecule has 1 aliphatic heterocycles. The molecule has 0 spiro atoms. The number of nitrogens with zero attached hydrogens (tertiary/aromatic N) is 3. The molecule has 0 saturated carbocycles. The van der Waals surface area contributed by atoms with E-state index in [9.17, 15) is 0 Å². The standard InChI is InChI=1S/C7H9ClN4/c8-5-4-6(11-7(9)10-5)12-2-1-3-12/h4H,1-3H2,(H2,9,10,11). The molecule has 64 valence electrons. The average Bonchev–Trinajstić information content (AvgIpc) is 1.79. The fourth-order valence-corrected chi connectivity index (χ4v) is 1.31. The number of hydrogen-bond acceptors (Lipinski definition) is 4. The van der Waals surface area contributed by atoms with Crippen LogP contribution in [0.1, 0.15) is 6.42 Å². The van der Waals surface area contributed by atoms with Gasteiger partial charge in [-0.1, -0.05) is 11.6 Å². The molecule has 1 aromatic rings. The molecule has 0 aliphatic carbocycles. The van der Waals surface area contributed by atoms with Gasteiger partial charge < -0.3 is 10.6 Å². The Balaban J connectivity index is 2.30. The van der Waals surface area contributed by atoms with Crippen molar-refractivity contribution in [1.29, 1.82) is 0 Å². The summed E-state index contributed by atoms with van der Waals surface area (Å²) in [6.07, 6.45) is 1.21. The summed E-state index contributed by atoms with van der Waals surface area (Å²) in [6.45, 7) is 2.07. The monoisotopic (exact) mass is 184 g/mol. The zero-order valence-electron chi connectivity index (χ0n) is 6.50.